The molecule has 0 aliphatic carbocycles. The van der Waals surface area contributed by atoms with Gasteiger partial charge in [-0.2, -0.15) is 0 Å². The van der Waals surface area contributed by atoms with Gasteiger partial charge in [-0.25, -0.2) is 0 Å². The van der Waals surface area contributed by atoms with Gasteiger partial charge < -0.3 is 4.84 Å². The maximum Gasteiger partial charge on any atom is 0.142 e. The molecule has 51 valence electrons. The van der Waals surface area contributed by atoms with Crippen LogP contribution in [0.25, 0.3) is 0 Å². The van der Waals surface area contributed by atoms with Gasteiger partial charge in [-0.1, -0.05) is 35.5 Å². The average molecular weight is 134 g/mol. The van der Waals surface area contributed by atoms with E-state index in [9.17, 15) is 0 Å². The molecule has 0 aromatic heterocycles. The zero-order chi connectivity index (χ0) is 7.23. The van der Waals surface area contributed by atoms with Gasteiger partial charge in [0.15, 0.2) is 0 Å². The van der Waals surface area contributed by atoms with Crippen LogP contribution < -0.4 is 0 Å². The first-order chi connectivity index (χ1) is 4.93. The molecule has 1 radical (unpaired) electrons. The van der Waals surface area contributed by atoms with E-state index in [1.54, 1.807) is 0 Å². The number of hydrogen-bond acceptors (Lipinski definition) is 2. The average Bonchev–Trinajstić information content (AvgIpc) is 2.03. The molecule has 2 heteroatoms. The van der Waals surface area contributed by atoms with Crippen molar-refractivity contribution in [2.24, 2.45) is 5.16 Å². The summed E-state index contributed by atoms with van der Waals surface area (Å²) in [6.45, 7) is 5.22. The van der Waals surface area contributed by atoms with Crippen molar-refractivity contribution in [2.75, 3.05) is 0 Å². The summed E-state index contributed by atoms with van der Waals surface area (Å²) >= 11 is 0. The Morgan fingerprint density at radius 2 is 2.00 bits per heavy atom. The van der Waals surface area contributed by atoms with Crippen LogP contribution in [0.15, 0.2) is 35.5 Å². The molecular weight excluding hydrogens is 126 g/mol. The smallest absolute Gasteiger partial charge is 0.142 e. The molecule has 0 spiro atoms. The molecule has 1 rings (SSSR count). The Kier molecular flexibility index (Phi) is 2.49. The Balaban J connectivity index is 2.50. The van der Waals surface area contributed by atoms with Crippen molar-refractivity contribution in [1.29, 1.82) is 0 Å². The normalized spacial score (nSPS) is 8.80. The van der Waals surface area contributed by atoms with Crippen molar-refractivity contribution in [3.63, 3.8) is 0 Å². The molecule has 0 N–H and O–H groups in total. The lowest BCUT2D eigenvalue weighted by Crippen LogP contribution is -1.83. The molecule has 0 saturated carbocycles. The fraction of sp³-hybridized carbons (Fsp3) is 0.125. The second-order valence-corrected chi connectivity index (χ2v) is 1.86. The first-order valence-corrected chi connectivity index (χ1v) is 2.99. The van der Waals surface area contributed by atoms with E-state index in [1.807, 2.05) is 30.3 Å². The molecule has 0 aliphatic rings. The standard InChI is InChI=1S/C8H8NO/c1-9-10-7-8-5-3-2-4-6-8/h1-6H,7H2. The van der Waals surface area contributed by atoms with Gasteiger partial charge in [-0.3, -0.25) is 0 Å². The largest absolute Gasteiger partial charge is 0.391 e. The van der Waals surface area contributed by atoms with Gasteiger partial charge in [-0.05, 0) is 5.56 Å². The Labute approximate surface area is 60.1 Å². The quantitative estimate of drug-likeness (QED) is 0.455. The zero-order valence-electron chi connectivity index (χ0n) is 5.53. The van der Waals surface area contributed by atoms with E-state index in [1.165, 1.54) is 0 Å². The van der Waals surface area contributed by atoms with Crippen LogP contribution in [0.2, 0.25) is 0 Å². The minimum Gasteiger partial charge on any atom is -0.391 e. The summed E-state index contributed by atoms with van der Waals surface area (Å²) in [6, 6.07) is 9.73. The van der Waals surface area contributed by atoms with Crippen LogP contribution in [0.3, 0.4) is 0 Å². The lowest BCUT2D eigenvalue weighted by molar-refractivity contribution is 0.133. The van der Waals surface area contributed by atoms with Crippen LogP contribution in [-0.4, -0.2) is 6.72 Å². The molecule has 0 amide bonds. The van der Waals surface area contributed by atoms with Crippen LogP contribution in [0, 0.1) is 0 Å². The Bertz CT molecular complexity index is 196. The van der Waals surface area contributed by atoms with Gasteiger partial charge in [-0.15, -0.1) is 0 Å². The molecule has 0 unspecified atom stereocenters. The molecule has 10 heavy (non-hydrogen) atoms. The fourth-order valence-electron chi connectivity index (χ4n) is 0.686. The van der Waals surface area contributed by atoms with Crippen molar-refractivity contribution in [1.82, 2.24) is 0 Å². The lowest BCUT2D eigenvalue weighted by Gasteiger charge is -1.96. The second kappa shape index (κ2) is 3.67. The molecule has 0 heterocycles. The van der Waals surface area contributed by atoms with Gasteiger partial charge in [0, 0.05) is 0 Å². The Morgan fingerprint density at radius 1 is 1.30 bits per heavy atom. The van der Waals surface area contributed by atoms with E-state index in [2.05, 4.69) is 9.99 Å². The lowest BCUT2D eigenvalue weighted by atomic mass is 10.2. The molecule has 1 aromatic carbocycles. The molecule has 0 aliphatic heterocycles. The van der Waals surface area contributed by atoms with Gasteiger partial charge in [0.1, 0.15) is 6.61 Å². The molecule has 0 saturated heterocycles. The minimum atomic E-state index is 0.442. The number of rotatable bonds is 3. The predicted octanol–water partition coefficient (Wildman–Crippen LogP) is 1.70. The summed E-state index contributed by atoms with van der Waals surface area (Å²) in [6.07, 6.45) is 0. The van der Waals surface area contributed by atoms with Crippen LogP contribution in [-0.2, 0) is 11.4 Å². The monoisotopic (exact) mass is 134 g/mol. The summed E-state index contributed by atoms with van der Waals surface area (Å²) < 4.78 is 0. The third-order valence-corrected chi connectivity index (χ3v) is 1.15. The summed E-state index contributed by atoms with van der Waals surface area (Å²) in [5, 5.41) is 3.03. The van der Waals surface area contributed by atoms with Gasteiger partial charge >= 0.3 is 0 Å². The summed E-state index contributed by atoms with van der Waals surface area (Å²) in [5.74, 6) is 0. The van der Waals surface area contributed by atoms with Crippen LogP contribution in [0.5, 0.6) is 0 Å². The van der Waals surface area contributed by atoms with Gasteiger partial charge in [0.05, 0.1) is 6.72 Å². The molecule has 0 atom stereocenters. The number of benzene rings is 1. The van der Waals surface area contributed by atoms with Crippen LogP contribution >= 0.6 is 0 Å². The van der Waals surface area contributed by atoms with E-state index in [0.29, 0.717) is 6.61 Å². The highest BCUT2D eigenvalue weighted by molar-refractivity contribution is 5.21. The topological polar surface area (TPSA) is 21.6 Å². The SMILES string of the molecule is [CH]=NOCc1ccccc1. The van der Waals surface area contributed by atoms with E-state index in [0.717, 1.165) is 5.56 Å². The predicted molar refractivity (Wildman–Crippen MR) is 39.7 cm³/mol. The fourth-order valence-corrected chi connectivity index (χ4v) is 0.686. The van der Waals surface area contributed by atoms with Crippen LogP contribution in [0.1, 0.15) is 5.56 Å². The van der Waals surface area contributed by atoms with Gasteiger partial charge in [0.2, 0.25) is 0 Å². The van der Waals surface area contributed by atoms with E-state index < -0.39 is 0 Å². The van der Waals surface area contributed by atoms with E-state index >= 15 is 0 Å². The molecule has 0 fully saturated rings. The number of hydrogen-bond donors (Lipinski definition) is 0. The third-order valence-electron chi connectivity index (χ3n) is 1.15. The summed E-state index contributed by atoms with van der Waals surface area (Å²) in [4.78, 5) is 4.62. The van der Waals surface area contributed by atoms with E-state index in [-0.39, 0.29) is 0 Å². The highest BCUT2D eigenvalue weighted by Crippen LogP contribution is 1.99. The third kappa shape index (κ3) is 1.90. The summed E-state index contributed by atoms with van der Waals surface area (Å²) in [7, 11) is 0. The Morgan fingerprint density at radius 3 is 2.60 bits per heavy atom. The van der Waals surface area contributed by atoms with Crippen molar-refractivity contribution < 1.29 is 4.84 Å². The van der Waals surface area contributed by atoms with Crippen molar-refractivity contribution in [3.05, 3.63) is 35.9 Å². The molecule has 2 nitrogen and oxygen atoms in total. The highest BCUT2D eigenvalue weighted by Gasteiger charge is 1.87. The van der Waals surface area contributed by atoms with Crippen molar-refractivity contribution in [2.45, 2.75) is 6.61 Å². The molecule has 1 aromatic rings. The zero-order valence-corrected chi connectivity index (χ0v) is 5.53. The molecule has 0 bridgehead atoms. The van der Waals surface area contributed by atoms with Crippen molar-refractivity contribution in [3.8, 4) is 0 Å². The Hall–Kier alpha value is -1.31. The van der Waals surface area contributed by atoms with Gasteiger partial charge in [0.25, 0.3) is 0 Å². The highest BCUT2D eigenvalue weighted by atomic mass is 16.6. The first-order valence-electron chi connectivity index (χ1n) is 2.99. The minimum absolute atomic E-state index is 0.442. The first kappa shape index (κ1) is 6.81. The summed E-state index contributed by atoms with van der Waals surface area (Å²) in [5.41, 5.74) is 1.07. The van der Waals surface area contributed by atoms with Crippen molar-refractivity contribution >= 4 is 6.72 Å². The maximum atomic E-state index is 4.78. The number of nitrogens with zero attached hydrogens (tertiary/aromatic N) is 1. The maximum absolute atomic E-state index is 4.78. The second-order valence-electron chi connectivity index (χ2n) is 1.86. The molecular formula is C8H8NO. The van der Waals surface area contributed by atoms with Crippen LogP contribution in [0.4, 0.5) is 0 Å². The van der Waals surface area contributed by atoms with E-state index in [4.69, 9.17) is 6.72 Å².